The molecular formula is C6HCl2F3INO. The fourth-order valence-corrected chi connectivity index (χ4v) is 1.55. The number of halogens is 6. The summed E-state index contributed by atoms with van der Waals surface area (Å²) in [7, 11) is 0. The molecule has 0 saturated heterocycles. The van der Waals surface area contributed by atoms with E-state index in [0.717, 1.165) is 0 Å². The van der Waals surface area contributed by atoms with E-state index in [0.29, 0.717) is 3.57 Å². The molecule has 0 aromatic carbocycles. The summed E-state index contributed by atoms with van der Waals surface area (Å²) in [6, 6.07) is 1.23. The average molecular weight is 358 g/mol. The van der Waals surface area contributed by atoms with E-state index in [2.05, 4.69) is 9.72 Å². The minimum atomic E-state index is -4.83. The van der Waals surface area contributed by atoms with Crippen LogP contribution in [0.2, 0.25) is 10.2 Å². The fraction of sp³-hybridized carbons (Fsp3) is 0.167. The quantitative estimate of drug-likeness (QED) is 0.562. The Morgan fingerprint density at radius 2 is 1.93 bits per heavy atom. The Labute approximate surface area is 100 Å². The first-order valence-corrected chi connectivity index (χ1v) is 4.90. The van der Waals surface area contributed by atoms with Crippen molar-refractivity contribution in [2.45, 2.75) is 6.36 Å². The third kappa shape index (κ3) is 3.32. The zero-order chi connectivity index (χ0) is 10.9. The maximum atomic E-state index is 11.8. The molecule has 0 bridgehead atoms. The molecule has 0 fully saturated rings. The average Bonchev–Trinajstić information content (AvgIpc) is 1.97. The van der Waals surface area contributed by atoms with Gasteiger partial charge in [0.1, 0.15) is 10.2 Å². The van der Waals surface area contributed by atoms with Gasteiger partial charge in [-0.1, -0.05) is 23.2 Å². The largest absolute Gasteiger partial charge is 0.574 e. The summed E-state index contributed by atoms with van der Waals surface area (Å²) in [6.07, 6.45) is -4.83. The normalized spacial score (nSPS) is 11.6. The number of rotatable bonds is 1. The van der Waals surface area contributed by atoms with Gasteiger partial charge in [0.05, 0.1) is 3.57 Å². The fourth-order valence-electron chi connectivity index (χ4n) is 0.610. The van der Waals surface area contributed by atoms with Gasteiger partial charge in [-0.3, -0.25) is 0 Å². The lowest BCUT2D eigenvalue weighted by atomic mass is 10.5. The second kappa shape index (κ2) is 4.28. The van der Waals surface area contributed by atoms with Crippen molar-refractivity contribution in [2.75, 3.05) is 0 Å². The number of hydrogen-bond donors (Lipinski definition) is 0. The molecule has 0 saturated carbocycles. The molecule has 2 nitrogen and oxygen atoms in total. The van der Waals surface area contributed by atoms with Gasteiger partial charge in [-0.05, 0) is 28.7 Å². The van der Waals surface area contributed by atoms with Crippen molar-refractivity contribution in [2.24, 2.45) is 0 Å². The molecule has 0 spiro atoms. The number of nitrogens with zero attached hydrogens (tertiary/aromatic N) is 1. The molecule has 0 aliphatic heterocycles. The Kier molecular flexibility index (Phi) is 3.70. The molecule has 0 radical (unpaired) electrons. The van der Waals surface area contributed by atoms with Crippen LogP contribution in [0.3, 0.4) is 0 Å². The van der Waals surface area contributed by atoms with E-state index in [1.54, 1.807) is 22.6 Å². The molecule has 14 heavy (non-hydrogen) atoms. The Hall–Kier alpha value is 0.0500. The Balaban J connectivity index is 3.04. The highest BCUT2D eigenvalue weighted by molar-refractivity contribution is 14.1. The second-order valence-electron chi connectivity index (χ2n) is 2.10. The van der Waals surface area contributed by atoms with Gasteiger partial charge < -0.3 is 4.74 Å². The molecule has 78 valence electrons. The van der Waals surface area contributed by atoms with Gasteiger partial charge in [0.15, 0.2) is 0 Å². The van der Waals surface area contributed by atoms with E-state index in [-0.39, 0.29) is 10.2 Å². The minimum Gasteiger partial charge on any atom is -0.386 e. The van der Waals surface area contributed by atoms with Crippen LogP contribution in [0.1, 0.15) is 0 Å². The smallest absolute Gasteiger partial charge is 0.386 e. The summed E-state index contributed by atoms with van der Waals surface area (Å²) in [6.45, 7) is 0. The van der Waals surface area contributed by atoms with Gasteiger partial charge in [-0.2, -0.15) is 4.98 Å². The summed E-state index contributed by atoms with van der Waals surface area (Å²) in [4.78, 5) is 3.34. The number of alkyl halides is 3. The summed E-state index contributed by atoms with van der Waals surface area (Å²) >= 11 is 12.7. The first-order valence-electron chi connectivity index (χ1n) is 3.07. The Bertz CT molecular complexity index is 358. The summed E-state index contributed by atoms with van der Waals surface area (Å²) in [5.74, 6) is -0.746. The number of hydrogen-bond acceptors (Lipinski definition) is 2. The van der Waals surface area contributed by atoms with Gasteiger partial charge in [-0.25, -0.2) is 0 Å². The molecule has 1 aromatic heterocycles. The van der Waals surface area contributed by atoms with Gasteiger partial charge in [-0.15, -0.1) is 13.2 Å². The van der Waals surface area contributed by atoms with Crippen molar-refractivity contribution in [3.8, 4) is 5.88 Å². The zero-order valence-electron chi connectivity index (χ0n) is 6.20. The van der Waals surface area contributed by atoms with Crippen LogP contribution in [0.15, 0.2) is 6.07 Å². The Morgan fingerprint density at radius 1 is 1.36 bits per heavy atom. The molecule has 0 atom stereocenters. The van der Waals surface area contributed by atoms with Crippen molar-refractivity contribution in [3.05, 3.63) is 19.8 Å². The van der Waals surface area contributed by atoms with Crippen molar-refractivity contribution in [1.29, 1.82) is 0 Å². The van der Waals surface area contributed by atoms with Crippen molar-refractivity contribution in [1.82, 2.24) is 4.98 Å². The van der Waals surface area contributed by atoms with E-state index in [4.69, 9.17) is 23.2 Å². The zero-order valence-corrected chi connectivity index (χ0v) is 9.87. The van der Waals surface area contributed by atoms with Crippen LogP contribution < -0.4 is 4.74 Å². The minimum absolute atomic E-state index is 0.0887. The predicted octanol–water partition coefficient (Wildman–Crippen LogP) is 3.89. The van der Waals surface area contributed by atoms with Crippen molar-refractivity contribution >= 4 is 45.8 Å². The van der Waals surface area contributed by atoms with E-state index >= 15 is 0 Å². The molecule has 0 unspecified atom stereocenters. The third-order valence-electron chi connectivity index (χ3n) is 1.07. The molecule has 0 N–H and O–H groups in total. The van der Waals surface area contributed by atoms with Crippen LogP contribution in [0.25, 0.3) is 0 Å². The van der Waals surface area contributed by atoms with E-state index in [9.17, 15) is 13.2 Å². The van der Waals surface area contributed by atoms with Gasteiger partial charge in [0.25, 0.3) is 0 Å². The standard InChI is InChI=1S/C6HCl2F3INO/c7-2-1-3(12)4(8)13-5(2)14-6(9,10)11/h1H. The maximum Gasteiger partial charge on any atom is 0.574 e. The number of aromatic nitrogens is 1. The van der Waals surface area contributed by atoms with Crippen LogP contribution >= 0.6 is 45.8 Å². The molecule has 8 heteroatoms. The van der Waals surface area contributed by atoms with Crippen molar-refractivity contribution < 1.29 is 17.9 Å². The number of ether oxygens (including phenoxy) is 1. The van der Waals surface area contributed by atoms with Gasteiger partial charge >= 0.3 is 6.36 Å². The summed E-state index contributed by atoms with van der Waals surface area (Å²) in [5, 5.41) is -0.328. The summed E-state index contributed by atoms with van der Waals surface area (Å²) in [5.41, 5.74) is 0. The van der Waals surface area contributed by atoms with Crippen LogP contribution in [0.4, 0.5) is 13.2 Å². The highest BCUT2D eigenvalue weighted by Crippen LogP contribution is 2.31. The Morgan fingerprint density at radius 3 is 2.43 bits per heavy atom. The van der Waals surface area contributed by atoms with E-state index in [1.807, 2.05) is 0 Å². The summed E-state index contributed by atoms with van der Waals surface area (Å²) < 4.78 is 39.3. The van der Waals surface area contributed by atoms with E-state index < -0.39 is 12.2 Å². The lowest BCUT2D eigenvalue weighted by Gasteiger charge is -2.09. The van der Waals surface area contributed by atoms with Crippen molar-refractivity contribution in [3.63, 3.8) is 0 Å². The van der Waals surface area contributed by atoms with Crippen LogP contribution in [0.5, 0.6) is 5.88 Å². The molecule has 1 rings (SSSR count). The monoisotopic (exact) mass is 357 g/mol. The van der Waals surface area contributed by atoms with Crippen LogP contribution in [-0.4, -0.2) is 11.3 Å². The topological polar surface area (TPSA) is 22.1 Å². The lowest BCUT2D eigenvalue weighted by molar-refractivity contribution is -0.276. The van der Waals surface area contributed by atoms with Gasteiger partial charge in [0, 0.05) is 0 Å². The molecular weight excluding hydrogens is 357 g/mol. The van der Waals surface area contributed by atoms with Gasteiger partial charge in [0.2, 0.25) is 5.88 Å². The molecule has 1 heterocycles. The maximum absolute atomic E-state index is 11.8. The predicted molar refractivity (Wildman–Crippen MR) is 53.7 cm³/mol. The van der Waals surface area contributed by atoms with Crippen LogP contribution in [0, 0.1) is 3.57 Å². The third-order valence-corrected chi connectivity index (χ3v) is 2.77. The first kappa shape index (κ1) is 12.1. The highest BCUT2D eigenvalue weighted by Gasteiger charge is 2.33. The second-order valence-corrected chi connectivity index (χ2v) is 4.02. The molecule has 0 aliphatic carbocycles. The number of pyridine rings is 1. The lowest BCUT2D eigenvalue weighted by Crippen LogP contribution is -2.18. The van der Waals surface area contributed by atoms with Crippen LogP contribution in [-0.2, 0) is 0 Å². The molecule has 0 aliphatic rings. The molecule has 1 aromatic rings. The highest BCUT2D eigenvalue weighted by atomic mass is 127. The first-order chi connectivity index (χ1) is 6.29. The van der Waals surface area contributed by atoms with E-state index in [1.165, 1.54) is 6.07 Å². The SMILES string of the molecule is FC(F)(F)Oc1nc(Cl)c(I)cc1Cl. The molecule has 0 amide bonds.